The highest BCUT2D eigenvalue weighted by atomic mass is 19.4. The number of hydrogen-bond donors (Lipinski definition) is 1. The van der Waals surface area contributed by atoms with Crippen molar-refractivity contribution in [3.63, 3.8) is 0 Å². The predicted octanol–water partition coefficient (Wildman–Crippen LogP) is 5.80. The van der Waals surface area contributed by atoms with Gasteiger partial charge in [0.15, 0.2) is 0 Å². The molecule has 0 spiro atoms. The molecule has 0 saturated carbocycles. The molecule has 36 heavy (non-hydrogen) atoms. The molecule has 1 fully saturated rings. The van der Waals surface area contributed by atoms with E-state index in [0.29, 0.717) is 36.7 Å². The first-order chi connectivity index (χ1) is 16.7. The fourth-order valence-electron chi connectivity index (χ4n) is 4.74. The molecule has 0 amide bonds. The average molecular weight is 513 g/mol. The lowest BCUT2D eigenvalue weighted by Gasteiger charge is -2.34. The highest BCUT2D eigenvalue weighted by Gasteiger charge is 2.71. The van der Waals surface area contributed by atoms with Gasteiger partial charge in [-0.05, 0) is 35.7 Å². The molecule has 1 N–H and O–H groups in total. The summed E-state index contributed by atoms with van der Waals surface area (Å²) in [5.41, 5.74) is -5.02. The molecule has 1 aromatic heterocycles. The molecular formula is C25H22F7N3O. The molecule has 11 heteroatoms. The summed E-state index contributed by atoms with van der Waals surface area (Å²) in [6.07, 6.45) is -8.67. The summed E-state index contributed by atoms with van der Waals surface area (Å²) in [6.45, 7) is 4.38. The first-order valence-corrected chi connectivity index (χ1v) is 10.9. The Morgan fingerprint density at radius 1 is 0.889 bits per heavy atom. The molecule has 1 aliphatic heterocycles. The van der Waals surface area contributed by atoms with Gasteiger partial charge in [-0.25, -0.2) is 14.4 Å². The molecule has 2 atom stereocenters. The molecule has 192 valence electrons. The fraction of sp³-hybridized carbons (Fsp3) is 0.360. The van der Waals surface area contributed by atoms with Crippen molar-refractivity contribution < 1.29 is 35.8 Å². The van der Waals surface area contributed by atoms with Gasteiger partial charge >= 0.3 is 12.4 Å². The van der Waals surface area contributed by atoms with Crippen molar-refractivity contribution in [3.05, 3.63) is 89.0 Å². The summed E-state index contributed by atoms with van der Waals surface area (Å²) in [7, 11) is 0. The van der Waals surface area contributed by atoms with Crippen LogP contribution in [0.25, 0.3) is 0 Å². The molecular weight excluding hydrogens is 491 g/mol. The van der Waals surface area contributed by atoms with Gasteiger partial charge in [0.2, 0.25) is 5.95 Å². The zero-order valence-electron chi connectivity index (χ0n) is 19.2. The fourth-order valence-corrected chi connectivity index (χ4v) is 4.74. The van der Waals surface area contributed by atoms with E-state index >= 15 is 0 Å². The maximum absolute atomic E-state index is 13.6. The Labute approximate surface area is 202 Å². The number of rotatable bonds is 4. The first-order valence-electron chi connectivity index (χ1n) is 10.9. The van der Waals surface area contributed by atoms with Crippen LogP contribution in [0.3, 0.4) is 0 Å². The van der Waals surface area contributed by atoms with Gasteiger partial charge in [-0.2, -0.15) is 26.3 Å². The van der Waals surface area contributed by atoms with Crippen LogP contribution < -0.4 is 4.90 Å². The lowest BCUT2D eigenvalue weighted by Crippen LogP contribution is -2.53. The summed E-state index contributed by atoms with van der Waals surface area (Å²) >= 11 is 0. The van der Waals surface area contributed by atoms with Gasteiger partial charge in [-0.15, -0.1) is 0 Å². The van der Waals surface area contributed by atoms with E-state index in [9.17, 15) is 35.8 Å². The summed E-state index contributed by atoms with van der Waals surface area (Å²) in [5.74, 6) is -0.457. The molecule has 2 aromatic carbocycles. The summed E-state index contributed by atoms with van der Waals surface area (Å²) < 4.78 is 93.5. The number of halogens is 7. The number of nitrogens with zero attached hydrogens (tertiary/aromatic N) is 3. The lowest BCUT2D eigenvalue weighted by molar-refractivity contribution is -0.376. The van der Waals surface area contributed by atoms with Crippen LogP contribution in [0.1, 0.15) is 35.1 Å². The van der Waals surface area contributed by atoms with Crippen LogP contribution in [-0.2, 0) is 11.0 Å². The number of aryl methyl sites for hydroxylation is 1. The maximum Gasteiger partial charge on any atom is 0.430 e. The van der Waals surface area contributed by atoms with Crippen molar-refractivity contribution >= 4 is 5.95 Å². The van der Waals surface area contributed by atoms with E-state index in [2.05, 4.69) is 9.97 Å². The topological polar surface area (TPSA) is 49.2 Å². The number of anilines is 1. The Morgan fingerprint density at radius 3 is 1.92 bits per heavy atom. The maximum atomic E-state index is 13.6. The van der Waals surface area contributed by atoms with E-state index in [1.807, 2.05) is 18.7 Å². The molecule has 3 aromatic rings. The number of aliphatic hydroxyl groups is 1. The second-order valence-corrected chi connectivity index (χ2v) is 9.25. The second kappa shape index (κ2) is 8.72. The summed E-state index contributed by atoms with van der Waals surface area (Å²) in [6, 6.07) is 9.38. The zero-order chi connectivity index (χ0) is 26.5. The Morgan fingerprint density at radius 2 is 1.42 bits per heavy atom. The van der Waals surface area contributed by atoms with Gasteiger partial charge in [0.1, 0.15) is 5.82 Å². The quantitative estimate of drug-likeness (QED) is 0.449. The Kier molecular flexibility index (Phi) is 6.27. The van der Waals surface area contributed by atoms with Gasteiger partial charge < -0.3 is 10.0 Å². The minimum Gasteiger partial charge on any atom is -0.369 e. The average Bonchev–Trinajstić information content (AvgIpc) is 3.16. The van der Waals surface area contributed by atoms with Crippen LogP contribution in [0.2, 0.25) is 0 Å². The van der Waals surface area contributed by atoms with Gasteiger partial charge in [0.05, 0.1) is 0 Å². The predicted molar refractivity (Wildman–Crippen MR) is 118 cm³/mol. The lowest BCUT2D eigenvalue weighted by atomic mass is 9.71. The minimum atomic E-state index is -5.97. The molecule has 0 unspecified atom stereocenters. The number of alkyl halides is 6. The van der Waals surface area contributed by atoms with Crippen LogP contribution in [0.4, 0.5) is 36.7 Å². The summed E-state index contributed by atoms with van der Waals surface area (Å²) in [5, 5.41) is 9.72. The highest BCUT2D eigenvalue weighted by Crippen LogP contribution is 2.51. The van der Waals surface area contributed by atoms with Crippen LogP contribution in [0, 0.1) is 12.7 Å². The molecule has 0 aliphatic carbocycles. The smallest absolute Gasteiger partial charge is 0.369 e. The largest absolute Gasteiger partial charge is 0.430 e. The molecule has 4 rings (SSSR count). The van der Waals surface area contributed by atoms with Gasteiger partial charge in [0.25, 0.3) is 5.60 Å². The zero-order valence-corrected chi connectivity index (χ0v) is 19.2. The van der Waals surface area contributed by atoms with E-state index in [4.69, 9.17) is 0 Å². The third kappa shape index (κ3) is 4.29. The Hall–Kier alpha value is -3.21. The third-order valence-electron chi connectivity index (χ3n) is 6.80. The third-order valence-corrected chi connectivity index (χ3v) is 6.80. The number of benzene rings is 2. The molecule has 2 heterocycles. The number of aromatic nitrogens is 2. The minimum absolute atomic E-state index is 0.305. The number of hydrogen-bond acceptors (Lipinski definition) is 4. The molecule has 0 radical (unpaired) electrons. The monoisotopic (exact) mass is 513 g/mol. The van der Waals surface area contributed by atoms with Gasteiger partial charge in [-0.3, -0.25) is 0 Å². The van der Waals surface area contributed by atoms with Crippen molar-refractivity contribution in [2.75, 3.05) is 18.0 Å². The van der Waals surface area contributed by atoms with Crippen molar-refractivity contribution in [3.8, 4) is 0 Å². The second-order valence-electron chi connectivity index (χ2n) is 9.25. The van der Waals surface area contributed by atoms with E-state index in [0.717, 1.165) is 23.3 Å². The standard InChI is InChI=1S/C25H22F7N3O/c1-15-11-33-21(34-12-15)35-13-20(22(2,14-35)17-7-9-19(26)10-8-17)16-3-5-18(6-4-16)23(36,24(27,28)29)25(30,31)32/h3-12,20,36H,13-14H2,1-2H3/t20-,22+/m0/s1. The van der Waals surface area contributed by atoms with Crippen LogP contribution in [0.15, 0.2) is 60.9 Å². The van der Waals surface area contributed by atoms with E-state index in [1.54, 1.807) is 24.5 Å². The van der Waals surface area contributed by atoms with E-state index in [-0.39, 0.29) is 0 Å². The van der Waals surface area contributed by atoms with Crippen molar-refractivity contribution in [2.45, 2.75) is 43.1 Å². The molecule has 1 aliphatic rings. The Bertz CT molecular complexity index is 1190. The Balaban J connectivity index is 1.76. The van der Waals surface area contributed by atoms with E-state index in [1.165, 1.54) is 12.1 Å². The molecule has 4 nitrogen and oxygen atoms in total. The van der Waals surface area contributed by atoms with Crippen molar-refractivity contribution in [2.24, 2.45) is 0 Å². The van der Waals surface area contributed by atoms with Crippen molar-refractivity contribution in [1.82, 2.24) is 9.97 Å². The van der Waals surface area contributed by atoms with Crippen LogP contribution in [0.5, 0.6) is 0 Å². The highest BCUT2D eigenvalue weighted by molar-refractivity contribution is 5.46. The van der Waals surface area contributed by atoms with Crippen molar-refractivity contribution in [1.29, 1.82) is 0 Å². The normalized spacial score (nSPS) is 21.2. The van der Waals surface area contributed by atoms with Crippen LogP contribution in [-0.4, -0.2) is 40.5 Å². The van der Waals surface area contributed by atoms with Gasteiger partial charge in [0, 0.05) is 42.4 Å². The van der Waals surface area contributed by atoms with E-state index < -0.39 is 40.7 Å². The van der Waals surface area contributed by atoms with Gasteiger partial charge in [-0.1, -0.05) is 43.3 Å². The van der Waals surface area contributed by atoms with Crippen LogP contribution >= 0.6 is 0 Å². The SMILES string of the molecule is Cc1cnc(N2C[C@@H](c3ccc(C(O)(C(F)(F)F)C(F)(F)F)cc3)[C@@](C)(c3ccc(F)cc3)C2)nc1. The molecule has 1 saturated heterocycles. The first kappa shape index (κ1) is 25.9. The molecule has 0 bridgehead atoms. The summed E-state index contributed by atoms with van der Waals surface area (Å²) in [4.78, 5) is 10.5.